The van der Waals surface area contributed by atoms with Crippen molar-refractivity contribution in [2.75, 3.05) is 5.73 Å². The molecule has 0 radical (unpaired) electrons. The van der Waals surface area contributed by atoms with Crippen molar-refractivity contribution in [1.29, 1.82) is 0 Å². The van der Waals surface area contributed by atoms with Gasteiger partial charge in [0.15, 0.2) is 5.69 Å². The van der Waals surface area contributed by atoms with Crippen LogP contribution in [0.25, 0.3) is 16.5 Å². The van der Waals surface area contributed by atoms with Crippen LogP contribution in [0.2, 0.25) is 0 Å². The topological polar surface area (TPSA) is 95.1 Å². The predicted molar refractivity (Wildman–Crippen MR) is 67.1 cm³/mol. The normalized spacial score (nSPS) is 11.7. The summed E-state index contributed by atoms with van der Waals surface area (Å²) in [4.78, 5) is 0.649. The van der Waals surface area contributed by atoms with Crippen LogP contribution in [0.5, 0.6) is 0 Å². The fraction of sp³-hybridized carbons (Fsp3) is 0.400. The molecule has 0 bridgehead atoms. The summed E-state index contributed by atoms with van der Waals surface area (Å²) in [5, 5.41) is 16.6. The molecule has 0 spiro atoms. The van der Waals surface area contributed by atoms with Gasteiger partial charge in [-0.25, -0.2) is 0 Å². The summed E-state index contributed by atoms with van der Waals surface area (Å²) in [7, 11) is 0. The van der Waals surface area contributed by atoms with Crippen molar-refractivity contribution < 1.29 is 4.52 Å². The van der Waals surface area contributed by atoms with Gasteiger partial charge in [-0.05, 0) is 5.92 Å². The van der Waals surface area contributed by atoms with Gasteiger partial charge in [-0.1, -0.05) is 30.3 Å². The Bertz CT molecular complexity index is 681. The summed E-state index contributed by atoms with van der Waals surface area (Å²) in [5.41, 5.74) is 6.26. The first-order valence-electron chi connectivity index (χ1n) is 5.57. The van der Waals surface area contributed by atoms with Crippen molar-refractivity contribution in [3.8, 4) is 11.5 Å². The number of nitrogen functional groups attached to an aromatic ring is 1. The third kappa shape index (κ3) is 1.84. The Hall–Kier alpha value is -1.96. The van der Waals surface area contributed by atoms with E-state index in [1.165, 1.54) is 11.3 Å². The first kappa shape index (κ1) is 11.1. The van der Waals surface area contributed by atoms with Gasteiger partial charge in [0.2, 0.25) is 15.9 Å². The monoisotopic (exact) mass is 264 g/mol. The molecule has 0 saturated carbocycles. The van der Waals surface area contributed by atoms with Gasteiger partial charge in [-0.15, -0.1) is 15.3 Å². The van der Waals surface area contributed by atoms with Gasteiger partial charge < -0.3 is 10.3 Å². The molecule has 0 aromatic carbocycles. The summed E-state index contributed by atoms with van der Waals surface area (Å²) in [6, 6.07) is 1.87. The number of hydrogen-bond donors (Lipinski definition) is 1. The fourth-order valence-corrected chi connectivity index (χ4v) is 2.31. The second kappa shape index (κ2) is 4.05. The molecule has 0 aliphatic rings. The van der Waals surface area contributed by atoms with Crippen LogP contribution < -0.4 is 5.73 Å². The number of aromatic nitrogens is 5. The Kier molecular flexibility index (Phi) is 2.51. The second-order valence-electron chi connectivity index (χ2n) is 4.43. The van der Waals surface area contributed by atoms with E-state index < -0.39 is 0 Å². The maximum atomic E-state index is 5.63. The van der Waals surface area contributed by atoms with E-state index in [0.29, 0.717) is 27.5 Å². The minimum absolute atomic E-state index is 0.451. The molecular formula is C10H12N6OS. The van der Waals surface area contributed by atoms with Gasteiger partial charge in [0.25, 0.3) is 0 Å². The molecule has 3 aromatic heterocycles. The fourth-order valence-electron chi connectivity index (χ4n) is 1.71. The minimum atomic E-state index is 0.451. The summed E-state index contributed by atoms with van der Waals surface area (Å²) >= 11 is 1.28. The molecule has 0 fully saturated rings. The number of rotatable bonds is 3. The molecule has 7 nitrogen and oxygen atoms in total. The maximum Gasteiger partial charge on any atom is 0.236 e. The first-order valence-corrected chi connectivity index (χ1v) is 6.39. The summed E-state index contributed by atoms with van der Waals surface area (Å²) in [6.07, 6.45) is 0.841. The molecule has 94 valence electrons. The number of hydrogen-bond acceptors (Lipinski definition) is 7. The smallest absolute Gasteiger partial charge is 0.236 e. The Labute approximate surface area is 107 Å². The van der Waals surface area contributed by atoms with Crippen molar-refractivity contribution >= 4 is 21.4 Å². The molecule has 0 aliphatic carbocycles. The van der Waals surface area contributed by atoms with E-state index in [1.807, 2.05) is 6.07 Å². The Morgan fingerprint density at radius 2 is 2.28 bits per heavy atom. The van der Waals surface area contributed by atoms with E-state index in [9.17, 15) is 0 Å². The predicted octanol–water partition coefficient (Wildman–Crippen LogP) is 1.62. The Morgan fingerprint density at radius 1 is 1.44 bits per heavy atom. The molecule has 3 heterocycles. The molecule has 0 atom stereocenters. The summed E-state index contributed by atoms with van der Waals surface area (Å²) in [5.74, 6) is 1.90. The third-order valence-electron chi connectivity index (χ3n) is 2.40. The van der Waals surface area contributed by atoms with Crippen LogP contribution in [0.1, 0.15) is 19.6 Å². The quantitative estimate of drug-likeness (QED) is 0.772. The van der Waals surface area contributed by atoms with Crippen LogP contribution in [0.3, 0.4) is 0 Å². The molecule has 3 aromatic rings. The molecule has 8 heteroatoms. The number of nitrogens with two attached hydrogens (primary N) is 1. The molecule has 18 heavy (non-hydrogen) atoms. The lowest BCUT2D eigenvalue weighted by molar-refractivity contribution is 0.370. The molecule has 0 amide bonds. The Morgan fingerprint density at radius 3 is 3.06 bits per heavy atom. The first-order chi connectivity index (χ1) is 8.63. The van der Waals surface area contributed by atoms with E-state index in [4.69, 9.17) is 10.3 Å². The lowest BCUT2D eigenvalue weighted by Crippen LogP contribution is -1.93. The zero-order chi connectivity index (χ0) is 12.7. The van der Waals surface area contributed by atoms with Crippen molar-refractivity contribution in [2.24, 2.45) is 5.92 Å². The van der Waals surface area contributed by atoms with E-state index >= 15 is 0 Å². The van der Waals surface area contributed by atoms with Crippen LogP contribution in [-0.4, -0.2) is 25.0 Å². The highest BCUT2D eigenvalue weighted by molar-refractivity contribution is 7.20. The average molecular weight is 264 g/mol. The number of nitrogens with zero attached hydrogens (tertiary/aromatic N) is 5. The lowest BCUT2D eigenvalue weighted by atomic mass is 10.1. The molecule has 0 saturated heterocycles. The van der Waals surface area contributed by atoms with E-state index in [0.717, 1.165) is 12.2 Å². The largest absolute Gasteiger partial charge is 0.374 e. The van der Waals surface area contributed by atoms with Gasteiger partial charge in [-0.3, -0.25) is 0 Å². The van der Waals surface area contributed by atoms with Gasteiger partial charge in [0.05, 0.1) is 0 Å². The molecule has 0 unspecified atom stereocenters. The van der Waals surface area contributed by atoms with Crippen LogP contribution in [0.4, 0.5) is 5.13 Å². The highest BCUT2D eigenvalue weighted by Crippen LogP contribution is 2.22. The van der Waals surface area contributed by atoms with E-state index in [1.54, 1.807) is 4.52 Å². The Balaban J connectivity index is 2.00. The summed E-state index contributed by atoms with van der Waals surface area (Å²) in [6.45, 7) is 4.25. The highest BCUT2D eigenvalue weighted by Gasteiger charge is 2.16. The molecule has 2 N–H and O–H groups in total. The minimum Gasteiger partial charge on any atom is -0.374 e. The molecular weight excluding hydrogens is 252 g/mol. The number of anilines is 1. The third-order valence-corrected chi connectivity index (χ3v) is 3.13. The molecule has 3 rings (SSSR count). The van der Waals surface area contributed by atoms with Crippen molar-refractivity contribution in [3.63, 3.8) is 0 Å². The van der Waals surface area contributed by atoms with Crippen molar-refractivity contribution in [3.05, 3.63) is 11.8 Å². The van der Waals surface area contributed by atoms with Gasteiger partial charge >= 0.3 is 0 Å². The second-order valence-corrected chi connectivity index (χ2v) is 5.42. The average Bonchev–Trinajstić information content (AvgIpc) is 2.92. The zero-order valence-electron chi connectivity index (χ0n) is 9.99. The van der Waals surface area contributed by atoms with E-state index in [2.05, 4.69) is 34.3 Å². The van der Waals surface area contributed by atoms with Crippen molar-refractivity contribution in [1.82, 2.24) is 25.0 Å². The summed E-state index contributed by atoms with van der Waals surface area (Å²) < 4.78 is 6.85. The van der Waals surface area contributed by atoms with Gasteiger partial charge in [-0.2, -0.15) is 4.52 Å². The standard InChI is InChI=1S/C10H12N6OS/c1-5(2)3-6-4-7(15-17-6)8-12-13-10-16(8)14-9(11)18-10/h4-5H,3H2,1-2H3,(H2,11,14). The van der Waals surface area contributed by atoms with E-state index in [-0.39, 0.29) is 0 Å². The van der Waals surface area contributed by atoms with Gasteiger partial charge in [0.1, 0.15) is 5.76 Å². The molecule has 0 aliphatic heterocycles. The highest BCUT2D eigenvalue weighted by atomic mass is 32.1. The zero-order valence-corrected chi connectivity index (χ0v) is 10.8. The van der Waals surface area contributed by atoms with Crippen molar-refractivity contribution in [2.45, 2.75) is 20.3 Å². The van der Waals surface area contributed by atoms with Crippen LogP contribution in [0.15, 0.2) is 10.6 Å². The van der Waals surface area contributed by atoms with Crippen LogP contribution in [0, 0.1) is 5.92 Å². The maximum absolute atomic E-state index is 5.63. The SMILES string of the molecule is CC(C)Cc1cc(-c2nnc3sc(N)nn23)no1. The van der Waals surface area contributed by atoms with Crippen LogP contribution in [-0.2, 0) is 6.42 Å². The van der Waals surface area contributed by atoms with Gasteiger partial charge in [0, 0.05) is 12.5 Å². The van der Waals surface area contributed by atoms with Crippen LogP contribution >= 0.6 is 11.3 Å². The lowest BCUT2D eigenvalue weighted by Gasteiger charge is -1.96. The number of fused-ring (bicyclic) bond motifs is 1.